The van der Waals surface area contributed by atoms with Gasteiger partial charge in [0.15, 0.2) is 23.3 Å². The predicted octanol–water partition coefficient (Wildman–Crippen LogP) is 4.96. The van der Waals surface area contributed by atoms with Gasteiger partial charge in [-0.05, 0) is 18.4 Å². The Bertz CT molecular complexity index is 823. The molecular formula is C18H17ClF7NO2. The van der Waals surface area contributed by atoms with Crippen LogP contribution in [-0.2, 0) is 22.7 Å². The average molecular weight is 448 g/mol. The molecule has 1 aliphatic rings. The number of esters is 1. The standard InChI is InChI=1S/C18H17ClF7NO2/c1-17(2)9(4-10(19)18(24,25)26)11(17)16(28)29-6-8-14(22)12(20)7(5-27-3)13(21)15(8)23/h4,9,11,27H,5-6H2,1-3H3/b10-4-/t9-,11-/m1/s1. The number of benzene rings is 1. The third-order valence-corrected chi connectivity index (χ3v) is 5.26. The number of rotatable bonds is 6. The van der Waals surface area contributed by atoms with Crippen LogP contribution in [0.2, 0.25) is 0 Å². The van der Waals surface area contributed by atoms with Gasteiger partial charge in [-0.1, -0.05) is 31.5 Å². The Morgan fingerprint density at radius 3 is 2.03 bits per heavy atom. The lowest BCUT2D eigenvalue weighted by molar-refractivity contribution is -0.147. The summed E-state index contributed by atoms with van der Waals surface area (Å²) in [5, 5.41) is 0.948. The lowest BCUT2D eigenvalue weighted by Crippen LogP contribution is -2.17. The number of hydrogen-bond donors (Lipinski definition) is 1. The highest BCUT2D eigenvalue weighted by Crippen LogP contribution is 2.60. The molecule has 1 aliphatic carbocycles. The zero-order chi connectivity index (χ0) is 22.3. The summed E-state index contributed by atoms with van der Waals surface area (Å²) in [5.41, 5.74) is -2.94. The maximum absolute atomic E-state index is 14.1. The number of carbonyl (C=O) groups is 1. The van der Waals surface area contributed by atoms with Crippen molar-refractivity contribution in [3.8, 4) is 0 Å². The second-order valence-corrected chi connectivity index (χ2v) is 7.60. The van der Waals surface area contributed by atoms with Crippen molar-refractivity contribution in [1.82, 2.24) is 5.32 Å². The van der Waals surface area contributed by atoms with E-state index in [4.69, 9.17) is 16.3 Å². The summed E-state index contributed by atoms with van der Waals surface area (Å²) < 4.78 is 98.4. The van der Waals surface area contributed by atoms with Gasteiger partial charge in [0, 0.05) is 12.1 Å². The summed E-state index contributed by atoms with van der Waals surface area (Å²) in [6.07, 6.45) is -4.12. The number of halogens is 8. The molecule has 0 heterocycles. The molecule has 2 rings (SSSR count). The first-order valence-corrected chi connectivity index (χ1v) is 8.72. The minimum Gasteiger partial charge on any atom is -0.460 e. The zero-order valence-corrected chi connectivity index (χ0v) is 16.2. The second-order valence-electron chi connectivity index (χ2n) is 7.19. The third kappa shape index (κ3) is 4.53. The molecule has 0 unspecified atom stereocenters. The molecule has 0 radical (unpaired) electrons. The summed E-state index contributed by atoms with van der Waals surface area (Å²) in [4.78, 5) is 12.2. The van der Waals surface area contributed by atoms with Crippen LogP contribution in [0, 0.1) is 40.5 Å². The van der Waals surface area contributed by atoms with Crippen LogP contribution in [0.5, 0.6) is 0 Å². The molecule has 0 saturated heterocycles. The molecule has 0 bridgehead atoms. The number of alkyl halides is 3. The van der Waals surface area contributed by atoms with Gasteiger partial charge in [-0.3, -0.25) is 4.79 Å². The van der Waals surface area contributed by atoms with Gasteiger partial charge in [-0.2, -0.15) is 13.2 Å². The number of nitrogens with one attached hydrogen (secondary N) is 1. The minimum absolute atomic E-state index is 0.476. The van der Waals surface area contributed by atoms with Crippen molar-refractivity contribution >= 4 is 17.6 Å². The fourth-order valence-corrected chi connectivity index (χ4v) is 3.24. The molecule has 0 spiro atoms. The molecule has 162 valence electrons. The topological polar surface area (TPSA) is 38.3 Å². The first-order valence-electron chi connectivity index (χ1n) is 8.34. The summed E-state index contributed by atoms with van der Waals surface area (Å²) >= 11 is 5.18. The molecule has 11 heteroatoms. The van der Waals surface area contributed by atoms with Gasteiger partial charge in [0.25, 0.3) is 0 Å². The van der Waals surface area contributed by atoms with Gasteiger partial charge >= 0.3 is 12.1 Å². The van der Waals surface area contributed by atoms with Gasteiger partial charge in [-0.15, -0.1) is 0 Å². The fourth-order valence-electron chi connectivity index (χ4n) is 3.11. The van der Waals surface area contributed by atoms with Gasteiger partial charge in [0.1, 0.15) is 11.6 Å². The molecule has 3 nitrogen and oxygen atoms in total. The molecule has 1 fully saturated rings. The van der Waals surface area contributed by atoms with Crippen molar-refractivity contribution in [2.75, 3.05) is 7.05 Å². The largest absolute Gasteiger partial charge is 0.460 e. The van der Waals surface area contributed by atoms with Crippen molar-refractivity contribution < 1.29 is 40.3 Å². The van der Waals surface area contributed by atoms with E-state index in [1.165, 1.54) is 20.9 Å². The highest BCUT2D eigenvalue weighted by molar-refractivity contribution is 6.30. The van der Waals surface area contributed by atoms with Crippen LogP contribution >= 0.6 is 11.6 Å². The van der Waals surface area contributed by atoms with Crippen LogP contribution in [0.1, 0.15) is 25.0 Å². The average Bonchev–Trinajstić information content (AvgIpc) is 3.16. The first kappa shape index (κ1) is 23.5. The SMILES string of the molecule is CNCc1c(F)c(F)c(COC(=O)[C@H]2[C@@H](/C=C(\Cl)C(F)(F)F)C2(C)C)c(F)c1F. The zero-order valence-electron chi connectivity index (χ0n) is 15.5. The maximum atomic E-state index is 14.1. The minimum atomic E-state index is -4.79. The number of ether oxygens (including phenoxy) is 1. The predicted molar refractivity (Wildman–Crippen MR) is 89.6 cm³/mol. The molecule has 1 N–H and O–H groups in total. The van der Waals surface area contributed by atoms with E-state index in [2.05, 4.69) is 5.32 Å². The summed E-state index contributed by atoms with van der Waals surface area (Å²) in [7, 11) is 1.32. The quantitative estimate of drug-likeness (QED) is 0.380. The van der Waals surface area contributed by atoms with Crippen LogP contribution in [0.15, 0.2) is 11.1 Å². The van der Waals surface area contributed by atoms with Crippen LogP contribution in [0.3, 0.4) is 0 Å². The molecule has 1 aromatic carbocycles. The van der Waals surface area contributed by atoms with E-state index in [9.17, 15) is 35.5 Å². The summed E-state index contributed by atoms with van der Waals surface area (Å²) in [6.45, 7) is 1.36. The molecule has 0 aromatic heterocycles. The molecule has 29 heavy (non-hydrogen) atoms. The Labute approximate surface area is 166 Å². The van der Waals surface area contributed by atoms with Crippen LogP contribution in [0.4, 0.5) is 30.7 Å². The van der Waals surface area contributed by atoms with E-state index in [1.54, 1.807) is 0 Å². The molecular weight excluding hydrogens is 431 g/mol. The van der Waals surface area contributed by atoms with Crippen molar-refractivity contribution in [3.63, 3.8) is 0 Å². The molecule has 0 amide bonds. The van der Waals surface area contributed by atoms with Crippen molar-refractivity contribution in [1.29, 1.82) is 0 Å². The monoisotopic (exact) mass is 447 g/mol. The van der Waals surface area contributed by atoms with Crippen LogP contribution < -0.4 is 5.32 Å². The number of allylic oxidation sites excluding steroid dienone is 2. The van der Waals surface area contributed by atoms with Crippen molar-refractivity contribution in [3.05, 3.63) is 45.5 Å². The highest BCUT2D eigenvalue weighted by Gasteiger charge is 2.62. The number of carbonyl (C=O) groups excluding carboxylic acids is 1. The lowest BCUT2D eigenvalue weighted by Gasteiger charge is -2.12. The van der Waals surface area contributed by atoms with E-state index in [0.717, 1.165) is 0 Å². The second kappa shape index (κ2) is 8.14. The van der Waals surface area contributed by atoms with E-state index >= 15 is 0 Å². The van der Waals surface area contributed by atoms with E-state index in [0.29, 0.717) is 6.08 Å². The number of hydrogen-bond acceptors (Lipinski definition) is 3. The van der Waals surface area contributed by atoms with Gasteiger partial charge in [0.2, 0.25) is 0 Å². The molecule has 1 aromatic rings. The Morgan fingerprint density at radius 1 is 1.10 bits per heavy atom. The summed E-state index contributed by atoms with van der Waals surface area (Å²) in [6, 6.07) is 0. The smallest absolute Gasteiger partial charge is 0.426 e. The summed E-state index contributed by atoms with van der Waals surface area (Å²) in [5.74, 6) is -9.75. The van der Waals surface area contributed by atoms with Crippen molar-refractivity contribution in [2.45, 2.75) is 33.2 Å². The maximum Gasteiger partial charge on any atom is 0.426 e. The Kier molecular flexibility index (Phi) is 6.59. The Balaban J connectivity index is 2.18. The van der Waals surface area contributed by atoms with E-state index < -0.39 is 82.0 Å². The Morgan fingerprint density at radius 2 is 1.59 bits per heavy atom. The van der Waals surface area contributed by atoms with Crippen molar-refractivity contribution in [2.24, 2.45) is 17.3 Å². The Hall–Kier alpha value is -1.81. The van der Waals surface area contributed by atoms with Gasteiger partial charge in [0.05, 0.1) is 11.5 Å². The van der Waals surface area contributed by atoms with E-state index in [-0.39, 0.29) is 0 Å². The normalized spacial score (nSPS) is 21.3. The van der Waals surface area contributed by atoms with Gasteiger partial charge < -0.3 is 10.1 Å². The molecule has 2 atom stereocenters. The lowest BCUT2D eigenvalue weighted by atomic mass is 10.1. The molecule has 0 aliphatic heterocycles. The van der Waals surface area contributed by atoms with Gasteiger partial charge in [-0.25, -0.2) is 17.6 Å². The first-order chi connectivity index (χ1) is 13.2. The third-order valence-electron chi connectivity index (χ3n) is 4.92. The fraction of sp³-hybridized carbons (Fsp3) is 0.500. The molecule has 1 saturated carbocycles. The van der Waals surface area contributed by atoms with Crippen LogP contribution in [0.25, 0.3) is 0 Å². The van der Waals surface area contributed by atoms with E-state index in [1.807, 2.05) is 0 Å². The van der Waals surface area contributed by atoms with Crippen LogP contribution in [-0.4, -0.2) is 19.2 Å². The highest BCUT2D eigenvalue weighted by atomic mass is 35.5.